The summed E-state index contributed by atoms with van der Waals surface area (Å²) in [6, 6.07) is 4.75. The number of halogens is 3. The Hall–Kier alpha value is -2.27. The maximum atomic E-state index is 12.2. The fraction of sp³-hybridized carbons (Fsp3) is 0.357. The third-order valence-corrected chi connectivity index (χ3v) is 4.31. The van der Waals surface area contributed by atoms with Gasteiger partial charge in [0.2, 0.25) is 0 Å². The van der Waals surface area contributed by atoms with Crippen LogP contribution < -0.4 is 14.8 Å². The molecule has 3 rings (SSSR count). The SMILES string of the molecule is O=[N+]([O-])c1cn2c(n1)OC[C@@H](NCc1ccc(OC(F)F)cc1Br)C2. The number of aromatic nitrogens is 2. The van der Waals surface area contributed by atoms with Gasteiger partial charge in [-0.2, -0.15) is 8.78 Å². The molecule has 2 heterocycles. The van der Waals surface area contributed by atoms with Gasteiger partial charge < -0.3 is 24.9 Å². The van der Waals surface area contributed by atoms with Crippen LogP contribution in [0.2, 0.25) is 0 Å². The van der Waals surface area contributed by atoms with Crippen molar-refractivity contribution in [3.63, 3.8) is 0 Å². The molecule has 0 saturated carbocycles. The first-order valence-electron chi connectivity index (χ1n) is 7.23. The summed E-state index contributed by atoms with van der Waals surface area (Å²) in [7, 11) is 0. The summed E-state index contributed by atoms with van der Waals surface area (Å²) in [5, 5.41) is 14.0. The first-order valence-corrected chi connectivity index (χ1v) is 8.02. The van der Waals surface area contributed by atoms with Gasteiger partial charge in [-0.3, -0.25) is 4.57 Å². The largest absolute Gasteiger partial charge is 0.444 e. The highest BCUT2D eigenvalue weighted by atomic mass is 79.9. The molecule has 1 aromatic heterocycles. The predicted octanol–water partition coefficient (Wildman–Crippen LogP) is 2.71. The van der Waals surface area contributed by atoms with Gasteiger partial charge in [0.25, 0.3) is 0 Å². The lowest BCUT2D eigenvalue weighted by Crippen LogP contribution is -2.41. The molecule has 0 saturated heterocycles. The molecule has 25 heavy (non-hydrogen) atoms. The molecule has 0 spiro atoms. The number of nitrogens with zero attached hydrogens (tertiary/aromatic N) is 3. The summed E-state index contributed by atoms with van der Waals surface area (Å²) in [4.78, 5) is 13.9. The van der Waals surface area contributed by atoms with Gasteiger partial charge in [-0.25, -0.2) is 0 Å². The van der Waals surface area contributed by atoms with Crippen LogP contribution in [-0.4, -0.2) is 33.7 Å². The zero-order valence-corrected chi connectivity index (χ0v) is 14.3. The first kappa shape index (κ1) is 17.5. The molecule has 1 aliphatic rings. The Labute approximate surface area is 149 Å². The van der Waals surface area contributed by atoms with E-state index in [1.54, 1.807) is 10.6 Å². The van der Waals surface area contributed by atoms with E-state index in [2.05, 4.69) is 31.0 Å². The highest BCUT2D eigenvalue weighted by Crippen LogP contribution is 2.25. The second-order valence-corrected chi connectivity index (χ2v) is 6.17. The Kier molecular flexibility index (Phi) is 5.13. The monoisotopic (exact) mass is 418 g/mol. The number of ether oxygens (including phenoxy) is 2. The summed E-state index contributed by atoms with van der Waals surface area (Å²) in [5.41, 5.74) is 0.851. The molecule has 1 N–H and O–H groups in total. The number of hydrogen-bond donors (Lipinski definition) is 1. The fourth-order valence-electron chi connectivity index (χ4n) is 2.41. The van der Waals surface area contributed by atoms with Crippen LogP contribution in [0.3, 0.4) is 0 Å². The van der Waals surface area contributed by atoms with Crippen molar-refractivity contribution in [2.75, 3.05) is 6.61 Å². The standard InChI is InChI=1S/C14H13BrF2N4O4/c15-11-3-10(25-13(16)17)2-1-8(11)4-18-9-5-20-6-12(21(22)23)19-14(20)24-7-9/h1-3,6,9,13,18H,4-5,7H2/t9-/m0/s1. The number of alkyl halides is 2. The van der Waals surface area contributed by atoms with Crippen molar-refractivity contribution in [2.45, 2.75) is 25.7 Å². The topological polar surface area (TPSA) is 91.5 Å². The van der Waals surface area contributed by atoms with Crippen LogP contribution in [0.1, 0.15) is 5.56 Å². The van der Waals surface area contributed by atoms with E-state index in [9.17, 15) is 18.9 Å². The minimum atomic E-state index is -2.87. The summed E-state index contributed by atoms with van der Waals surface area (Å²) in [5.74, 6) is -0.185. The predicted molar refractivity (Wildman–Crippen MR) is 85.8 cm³/mol. The molecule has 11 heteroatoms. The lowest BCUT2D eigenvalue weighted by Gasteiger charge is -2.23. The molecular formula is C14H13BrF2N4O4. The summed E-state index contributed by atoms with van der Waals surface area (Å²) in [6.45, 7) is -1.63. The third kappa shape index (κ3) is 4.23. The van der Waals surface area contributed by atoms with Gasteiger partial charge in [0.05, 0.1) is 6.04 Å². The van der Waals surface area contributed by atoms with Gasteiger partial charge >= 0.3 is 18.4 Å². The molecule has 0 amide bonds. The van der Waals surface area contributed by atoms with Gasteiger partial charge in [-0.1, -0.05) is 22.0 Å². The minimum Gasteiger partial charge on any atom is -0.444 e. The first-order chi connectivity index (χ1) is 11.9. The number of benzene rings is 1. The van der Waals surface area contributed by atoms with E-state index in [-0.39, 0.29) is 23.6 Å². The summed E-state index contributed by atoms with van der Waals surface area (Å²) >= 11 is 3.32. The molecule has 2 aromatic rings. The van der Waals surface area contributed by atoms with Crippen LogP contribution in [-0.2, 0) is 13.1 Å². The van der Waals surface area contributed by atoms with Crippen molar-refractivity contribution in [2.24, 2.45) is 0 Å². The van der Waals surface area contributed by atoms with Crippen LogP contribution in [0.5, 0.6) is 11.8 Å². The molecule has 0 radical (unpaired) electrons. The average molecular weight is 419 g/mol. The maximum absolute atomic E-state index is 12.2. The van der Waals surface area contributed by atoms with E-state index in [0.29, 0.717) is 24.2 Å². The molecule has 0 aliphatic carbocycles. The summed E-state index contributed by atoms with van der Waals surface area (Å²) < 4.78 is 36.4. The zero-order valence-electron chi connectivity index (χ0n) is 12.7. The van der Waals surface area contributed by atoms with Gasteiger partial charge in [-0.05, 0) is 22.6 Å². The van der Waals surface area contributed by atoms with Crippen molar-refractivity contribution in [1.29, 1.82) is 0 Å². The average Bonchev–Trinajstić information content (AvgIpc) is 2.97. The van der Waals surface area contributed by atoms with Gasteiger partial charge in [0.15, 0.2) is 0 Å². The highest BCUT2D eigenvalue weighted by Gasteiger charge is 2.27. The van der Waals surface area contributed by atoms with Crippen LogP contribution in [0.25, 0.3) is 0 Å². The molecule has 1 atom stereocenters. The molecule has 0 unspecified atom stereocenters. The molecule has 1 aromatic carbocycles. The quantitative estimate of drug-likeness (QED) is 0.572. The Morgan fingerprint density at radius 1 is 1.56 bits per heavy atom. The van der Waals surface area contributed by atoms with E-state index in [1.807, 2.05) is 0 Å². The number of nitro groups is 1. The molecule has 1 aliphatic heterocycles. The van der Waals surface area contributed by atoms with Crippen molar-refractivity contribution in [3.05, 3.63) is 44.5 Å². The van der Waals surface area contributed by atoms with Crippen molar-refractivity contribution < 1.29 is 23.2 Å². The lowest BCUT2D eigenvalue weighted by atomic mass is 10.2. The van der Waals surface area contributed by atoms with Crippen LogP contribution in [0.4, 0.5) is 14.6 Å². The molecule has 134 valence electrons. The molecule has 0 fully saturated rings. The number of imidazole rings is 1. The van der Waals surface area contributed by atoms with Crippen molar-refractivity contribution in [3.8, 4) is 11.8 Å². The number of fused-ring (bicyclic) bond motifs is 1. The zero-order chi connectivity index (χ0) is 18.0. The van der Waals surface area contributed by atoms with Gasteiger partial charge in [0.1, 0.15) is 18.6 Å². The van der Waals surface area contributed by atoms with Crippen molar-refractivity contribution in [1.82, 2.24) is 14.9 Å². The lowest BCUT2D eigenvalue weighted by molar-refractivity contribution is -0.389. The maximum Gasteiger partial charge on any atom is 0.414 e. The van der Waals surface area contributed by atoms with Gasteiger partial charge in [0, 0.05) is 22.5 Å². The van der Waals surface area contributed by atoms with E-state index in [0.717, 1.165) is 5.56 Å². The van der Waals surface area contributed by atoms with Crippen LogP contribution in [0.15, 0.2) is 28.9 Å². The third-order valence-electron chi connectivity index (χ3n) is 3.58. The fourth-order valence-corrected chi connectivity index (χ4v) is 2.91. The Morgan fingerprint density at radius 2 is 2.36 bits per heavy atom. The number of nitrogens with one attached hydrogen (secondary N) is 1. The van der Waals surface area contributed by atoms with Crippen LogP contribution >= 0.6 is 15.9 Å². The Morgan fingerprint density at radius 3 is 3.04 bits per heavy atom. The summed E-state index contributed by atoms with van der Waals surface area (Å²) in [6.07, 6.45) is 1.33. The van der Waals surface area contributed by atoms with E-state index in [4.69, 9.17) is 4.74 Å². The Bertz CT molecular complexity index is 786. The smallest absolute Gasteiger partial charge is 0.414 e. The second kappa shape index (κ2) is 7.31. The highest BCUT2D eigenvalue weighted by molar-refractivity contribution is 9.10. The van der Waals surface area contributed by atoms with E-state index in [1.165, 1.54) is 18.3 Å². The molecule has 8 nitrogen and oxygen atoms in total. The van der Waals surface area contributed by atoms with Gasteiger partial charge in [-0.15, -0.1) is 0 Å². The molecular weight excluding hydrogens is 406 g/mol. The van der Waals surface area contributed by atoms with Crippen molar-refractivity contribution >= 4 is 21.7 Å². The molecule has 0 bridgehead atoms. The minimum absolute atomic E-state index is 0.0713. The second-order valence-electron chi connectivity index (χ2n) is 5.31. The van der Waals surface area contributed by atoms with E-state index >= 15 is 0 Å². The van der Waals surface area contributed by atoms with Crippen LogP contribution in [0, 0.1) is 10.1 Å². The Balaban J connectivity index is 1.59. The van der Waals surface area contributed by atoms with E-state index < -0.39 is 11.5 Å². The normalized spacial score (nSPS) is 16.4. The number of hydrogen-bond acceptors (Lipinski definition) is 6. The number of rotatable bonds is 6.